The van der Waals surface area contributed by atoms with E-state index in [2.05, 4.69) is 18.5 Å². The standard InChI is InChI=1S/C9H11NO.C2H4/c1-7-3-5-8(6-4-7)9(11)10-2;1-2/h3-6H,1-2H3,(H,10,11);1-2H2. The predicted molar refractivity (Wildman–Crippen MR) is 55.8 cm³/mol. The summed E-state index contributed by atoms with van der Waals surface area (Å²) in [6.45, 7) is 7.99. The van der Waals surface area contributed by atoms with Crippen molar-refractivity contribution in [3.05, 3.63) is 48.6 Å². The van der Waals surface area contributed by atoms with Crippen LogP contribution in [0.25, 0.3) is 0 Å². The number of benzene rings is 1. The molecule has 2 nitrogen and oxygen atoms in total. The van der Waals surface area contributed by atoms with Crippen molar-refractivity contribution < 1.29 is 4.79 Å². The Labute approximate surface area is 79.3 Å². The summed E-state index contributed by atoms with van der Waals surface area (Å²) in [5.74, 6) is -0.0370. The number of amides is 1. The molecule has 0 saturated carbocycles. The Hall–Kier alpha value is -1.57. The van der Waals surface area contributed by atoms with Crippen molar-refractivity contribution >= 4 is 5.91 Å². The summed E-state index contributed by atoms with van der Waals surface area (Å²) in [6, 6.07) is 7.47. The normalized spacial score (nSPS) is 8.15. The highest BCUT2D eigenvalue weighted by Crippen LogP contribution is 2.01. The molecule has 0 atom stereocenters. The number of hydrogen-bond acceptors (Lipinski definition) is 1. The summed E-state index contributed by atoms with van der Waals surface area (Å²) in [4.78, 5) is 11.0. The molecule has 0 fully saturated rings. The van der Waals surface area contributed by atoms with Gasteiger partial charge in [-0.2, -0.15) is 0 Å². The van der Waals surface area contributed by atoms with Gasteiger partial charge in [0.15, 0.2) is 0 Å². The van der Waals surface area contributed by atoms with Crippen LogP contribution in [-0.4, -0.2) is 13.0 Å². The number of hydrogen-bond donors (Lipinski definition) is 1. The van der Waals surface area contributed by atoms with Crippen LogP contribution in [-0.2, 0) is 0 Å². The van der Waals surface area contributed by atoms with Gasteiger partial charge in [0.25, 0.3) is 5.91 Å². The van der Waals surface area contributed by atoms with Gasteiger partial charge in [0.1, 0.15) is 0 Å². The molecule has 1 N–H and O–H groups in total. The lowest BCUT2D eigenvalue weighted by atomic mass is 10.1. The molecule has 0 spiro atoms. The third-order valence-corrected chi connectivity index (χ3v) is 1.54. The van der Waals surface area contributed by atoms with Gasteiger partial charge >= 0.3 is 0 Å². The van der Waals surface area contributed by atoms with Crippen LogP contribution < -0.4 is 5.32 Å². The van der Waals surface area contributed by atoms with Crippen molar-refractivity contribution in [1.29, 1.82) is 0 Å². The fourth-order valence-electron chi connectivity index (χ4n) is 0.849. The molecule has 1 rings (SSSR count). The van der Waals surface area contributed by atoms with E-state index >= 15 is 0 Å². The molecule has 0 aliphatic heterocycles. The first-order chi connectivity index (χ1) is 6.24. The van der Waals surface area contributed by atoms with E-state index in [4.69, 9.17) is 0 Å². The second-order valence-corrected chi connectivity index (χ2v) is 2.45. The van der Waals surface area contributed by atoms with E-state index < -0.39 is 0 Å². The van der Waals surface area contributed by atoms with Crippen LogP contribution in [0.4, 0.5) is 0 Å². The van der Waals surface area contributed by atoms with Crippen LogP contribution in [0.15, 0.2) is 37.4 Å². The Kier molecular flexibility index (Phi) is 5.28. The minimum Gasteiger partial charge on any atom is -0.355 e. The lowest BCUT2D eigenvalue weighted by Crippen LogP contribution is -2.17. The Morgan fingerprint density at radius 3 is 2.08 bits per heavy atom. The van der Waals surface area contributed by atoms with E-state index in [1.807, 2.05) is 31.2 Å². The third kappa shape index (κ3) is 3.56. The van der Waals surface area contributed by atoms with E-state index in [0.717, 1.165) is 5.56 Å². The fourth-order valence-corrected chi connectivity index (χ4v) is 0.849. The number of carbonyl (C=O) groups is 1. The van der Waals surface area contributed by atoms with Gasteiger partial charge in [0.2, 0.25) is 0 Å². The number of nitrogens with one attached hydrogen (secondary N) is 1. The molecule has 1 aromatic rings. The van der Waals surface area contributed by atoms with E-state index in [9.17, 15) is 4.79 Å². The first-order valence-electron chi connectivity index (χ1n) is 4.03. The highest BCUT2D eigenvalue weighted by atomic mass is 16.1. The second-order valence-electron chi connectivity index (χ2n) is 2.45. The molecule has 0 heterocycles. The van der Waals surface area contributed by atoms with Crippen LogP contribution in [0.1, 0.15) is 15.9 Å². The van der Waals surface area contributed by atoms with Gasteiger partial charge in [-0.05, 0) is 19.1 Å². The van der Waals surface area contributed by atoms with E-state index in [1.54, 1.807) is 7.05 Å². The van der Waals surface area contributed by atoms with E-state index in [0.29, 0.717) is 5.56 Å². The van der Waals surface area contributed by atoms with Gasteiger partial charge in [-0.3, -0.25) is 4.79 Å². The van der Waals surface area contributed by atoms with Crippen molar-refractivity contribution in [2.75, 3.05) is 7.05 Å². The smallest absolute Gasteiger partial charge is 0.251 e. The van der Waals surface area contributed by atoms with Gasteiger partial charge < -0.3 is 5.32 Å². The van der Waals surface area contributed by atoms with Crippen LogP contribution in [0.2, 0.25) is 0 Å². The Balaban J connectivity index is 0.000000671. The summed E-state index contributed by atoms with van der Waals surface area (Å²) in [5.41, 5.74) is 1.87. The number of carbonyl (C=O) groups excluding carboxylic acids is 1. The lowest BCUT2D eigenvalue weighted by Gasteiger charge is -1.98. The molecular formula is C11H15NO. The molecule has 0 aliphatic rings. The maximum absolute atomic E-state index is 11.0. The fraction of sp³-hybridized carbons (Fsp3) is 0.182. The molecule has 0 saturated heterocycles. The van der Waals surface area contributed by atoms with Crippen molar-refractivity contribution in [2.45, 2.75) is 6.92 Å². The second kappa shape index (κ2) is 6.00. The first-order valence-corrected chi connectivity index (χ1v) is 4.03. The van der Waals surface area contributed by atoms with Crippen molar-refractivity contribution in [1.82, 2.24) is 5.32 Å². The zero-order valence-corrected chi connectivity index (χ0v) is 8.13. The summed E-state index contributed by atoms with van der Waals surface area (Å²) >= 11 is 0. The predicted octanol–water partition coefficient (Wildman–Crippen LogP) is 2.16. The Morgan fingerprint density at radius 2 is 1.69 bits per heavy atom. The lowest BCUT2D eigenvalue weighted by molar-refractivity contribution is 0.0963. The topological polar surface area (TPSA) is 29.1 Å². The zero-order chi connectivity index (χ0) is 10.3. The Bertz CT molecular complexity index is 264. The van der Waals surface area contributed by atoms with Crippen molar-refractivity contribution in [3.8, 4) is 0 Å². The highest BCUT2D eigenvalue weighted by molar-refractivity contribution is 5.93. The summed E-state index contributed by atoms with van der Waals surface area (Å²) in [7, 11) is 1.63. The first kappa shape index (κ1) is 11.4. The maximum atomic E-state index is 11.0. The molecule has 2 heteroatoms. The van der Waals surface area contributed by atoms with Gasteiger partial charge in [-0.25, -0.2) is 0 Å². The molecule has 0 aromatic heterocycles. The quantitative estimate of drug-likeness (QED) is 0.654. The largest absolute Gasteiger partial charge is 0.355 e. The van der Waals surface area contributed by atoms with Gasteiger partial charge in [-0.15, -0.1) is 13.2 Å². The molecule has 0 aliphatic carbocycles. The molecule has 0 unspecified atom stereocenters. The summed E-state index contributed by atoms with van der Waals surface area (Å²) in [5, 5.41) is 2.56. The maximum Gasteiger partial charge on any atom is 0.251 e. The van der Waals surface area contributed by atoms with Gasteiger partial charge in [0.05, 0.1) is 0 Å². The number of rotatable bonds is 1. The van der Waals surface area contributed by atoms with Gasteiger partial charge in [-0.1, -0.05) is 17.7 Å². The highest BCUT2D eigenvalue weighted by Gasteiger charge is 1.99. The zero-order valence-electron chi connectivity index (χ0n) is 8.13. The average molecular weight is 177 g/mol. The third-order valence-electron chi connectivity index (χ3n) is 1.54. The molecule has 13 heavy (non-hydrogen) atoms. The van der Waals surface area contributed by atoms with E-state index in [1.165, 1.54) is 0 Å². The minimum atomic E-state index is -0.0370. The molecule has 70 valence electrons. The molecule has 1 aromatic carbocycles. The average Bonchev–Trinajstić information content (AvgIpc) is 2.21. The summed E-state index contributed by atoms with van der Waals surface area (Å²) < 4.78 is 0. The molecule has 0 radical (unpaired) electrons. The van der Waals surface area contributed by atoms with Crippen LogP contribution in [0.3, 0.4) is 0 Å². The van der Waals surface area contributed by atoms with Crippen LogP contribution in [0, 0.1) is 6.92 Å². The van der Waals surface area contributed by atoms with Crippen molar-refractivity contribution in [2.24, 2.45) is 0 Å². The number of aryl methyl sites for hydroxylation is 1. The van der Waals surface area contributed by atoms with Gasteiger partial charge in [0, 0.05) is 12.6 Å². The molecular weight excluding hydrogens is 162 g/mol. The van der Waals surface area contributed by atoms with Crippen LogP contribution >= 0.6 is 0 Å². The minimum absolute atomic E-state index is 0.0370. The summed E-state index contributed by atoms with van der Waals surface area (Å²) in [6.07, 6.45) is 0. The monoisotopic (exact) mass is 177 g/mol. The van der Waals surface area contributed by atoms with Crippen molar-refractivity contribution in [3.63, 3.8) is 0 Å². The molecule has 0 bridgehead atoms. The van der Waals surface area contributed by atoms with Crippen LogP contribution in [0.5, 0.6) is 0 Å². The molecule has 1 amide bonds. The Morgan fingerprint density at radius 1 is 1.23 bits per heavy atom. The SMILES string of the molecule is C=C.CNC(=O)c1ccc(C)cc1. The van der Waals surface area contributed by atoms with E-state index in [-0.39, 0.29) is 5.91 Å².